The number of amides is 4. The Balaban J connectivity index is 0.953. The molecule has 4 atom stereocenters. The second-order valence-corrected chi connectivity index (χ2v) is 15.4. The maximum absolute atomic E-state index is 13.9. The number of nitrogens with one attached hydrogen (secondary N) is 4. The fourth-order valence-electron chi connectivity index (χ4n) is 8.10. The first kappa shape index (κ1) is 39.8. The summed E-state index contributed by atoms with van der Waals surface area (Å²) in [5.74, 6) is 1.31. The number of hydrogen-bond acceptors (Lipinski definition) is 10. The summed E-state index contributed by atoms with van der Waals surface area (Å²) in [7, 11) is 2.55. The summed E-state index contributed by atoms with van der Waals surface area (Å²) in [4.78, 5) is 76.2. The van der Waals surface area contributed by atoms with E-state index in [0.29, 0.717) is 47.3 Å². The highest BCUT2D eigenvalue weighted by molar-refractivity contribution is 5.88. The fourth-order valence-corrected chi connectivity index (χ4v) is 8.10. The Hall–Kier alpha value is -6.97. The monoisotopic (exact) mass is 813 g/mol. The van der Waals surface area contributed by atoms with E-state index in [-0.39, 0.29) is 29.8 Å². The minimum absolute atomic E-state index is 0.121. The van der Waals surface area contributed by atoms with Crippen LogP contribution in [0, 0.1) is 5.92 Å². The quantitative estimate of drug-likeness (QED) is 0.105. The van der Waals surface area contributed by atoms with Crippen molar-refractivity contribution in [1.29, 1.82) is 0 Å². The van der Waals surface area contributed by atoms with E-state index in [9.17, 15) is 19.2 Å². The molecular formula is C44H47N9O7. The number of H-pyrrole nitrogens is 2. The first-order valence-corrected chi connectivity index (χ1v) is 20.1. The van der Waals surface area contributed by atoms with E-state index >= 15 is 0 Å². The van der Waals surface area contributed by atoms with Gasteiger partial charge in [0.2, 0.25) is 11.8 Å². The number of methoxy groups -OCH3 is 2. The molecule has 4 N–H and O–H groups in total. The summed E-state index contributed by atoms with van der Waals surface area (Å²) in [5, 5.41) is 5.39. The lowest BCUT2D eigenvalue weighted by Gasteiger charge is -2.30. The molecule has 5 heterocycles. The number of carbonyl (C=O) groups excluding carboxylic acids is 4. The number of aromatic nitrogens is 5. The lowest BCUT2D eigenvalue weighted by molar-refractivity contribution is -0.135. The third kappa shape index (κ3) is 8.04. The van der Waals surface area contributed by atoms with E-state index in [0.717, 1.165) is 53.8 Å². The van der Waals surface area contributed by atoms with Crippen LogP contribution in [0.25, 0.3) is 45.1 Å². The van der Waals surface area contributed by atoms with Crippen LogP contribution in [0.1, 0.15) is 74.9 Å². The number of nitrogens with zero attached hydrogens (tertiary/aromatic N) is 5. The van der Waals surface area contributed by atoms with Crippen molar-refractivity contribution in [3.63, 3.8) is 0 Å². The van der Waals surface area contributed by atoms with Crippen LogP contribution >= 0.6 is 0 Å². The fraction of sp³-hybridized carbons (Fsp3) is 0.341. The maximum atomic E-state index is 13.9. The molecule has 2 aliphatic heterocycles. The van der Waals surface area contributed by atoms with Crippen molar-refractivity contribution in [2.75, 3.05) is 27.3 Å². The number of carbonyl (C=O) groups is 4. The Labute approximate surface area is 346 Å². The number of aromatic amines is 2. The molecule has 6 aromatic rings. The predicted molar refractivity (Wildman–Crippen MR) is 221 cm³/mol. The van der Waals surface area contributed by atoms with E-state index in [1.54, 1.807) is 34.3 Å². The average molecular weight is 814 g/mol. The molecule has 0 saturated carbocycles. The van der Waals surface area contributed by atoms with Gasteiger partial charge in [-0.05, 0) is 67.0 Å². The number of fused-ring (bicyclic) bond motifs is 1. The highest BCUT2D eigenvalue weighted by atomic mass is 16.5. The van der Waals surface area contributed by atoms with Gasteiger partial charge >= 0.3 is 12.2 Å². The molecule has 4 amide bonds. The van der Waals surface area contributed by atoms with Gasteiger partial charge in [-0.2, -0.15) is 0 Å². The van der Waals surface area contributed by atoms with Crippen LogP contribution in [-0.4, -0.2) is 92.1 Å². The summed E-state index contributed by atoms with van der Waals surface area (Å²) in [6, 6.07) is 20.6. The molecule has 310 valence electrons. The second-order valence-electron chi connectivity index (χ2n) is 15.4. The standard InChI is InChI=1S/C44H47N9O7/c1-25(2)36(50-43(56)58-3)41(54)52-20-8-12-33(52)38-45-23-31(47-38)26-14-16-28(17-15-26)40-49-30-19-18-29(22-35(30)60-40)32-24-46-39(48-32)34-13-9-21-53(34)42(55)37(51-44(57)59-4)27-10-6-5-7-11-27/h5-7,10-11,14-19,22-25,33-34,36-37H,8-9,12-13,20-21H2,1-4H3,(H,45,47)(H,46,48)(H,50,56)(H,51,57). The van der Waals surface area contributed by atoms with Crippen molar-refractivity contribution in [1.82, 2.24) is 45.4 Å². The van der Waals surface area contributed by atoms with E-state index in [2.05, 4.69) is 25.6 Å². The van der Waals surface area contributed by atoms with Crippen LogP contribution in [0.2, 0.25) is 0 Å². The summed E-state index contributed by atoms with van der Waals surface area (Å²) >= 11 is 0. The lowest BCUT2D eigenvalue weighted by Crippen LogP contribution is -2.51. The van der Waals surface area contributed by atoms with Crippen molar-refractivity contribution < 1.29 is 33.1 Å². The number of benzene rings is 3. The molecule has 2 aliphatic rings. The molecule has 2 saturated heterocycles. The van der Waals surface area contributed by atoms with Crippen LogP contribution in [0.15, 0.2) is 89.6 Å². The van der Waals surface area contributed by atoms with Gasteiger partial charge in [0.05, 0.1) is 50.1 Å². The number of likely N-dealkylation sites (tertiary alicyclic amines) is 2. The summed E-state index contributed by atoms with van der Waals surface area (Å²) in [5.41, 5.74) is 6.10. The van der Waals surface area contributed by atoms with Crippen LogP contribution in [0.4, 0.5) is 9.59 Å². The Morgan fingerprint density at radius 2 is 1.30 bits per heavy atom. The Morgan fingerprint density at radius 3 is 1.92 bits per heavy atom. The molecule has 0 spiro atoms. The molecule has 0 radical (unpaired) electrons. The van der Waals surface area contributed by atoms with Gasteiger partial charge in [-0.3, -0.25) is 9.59 Å². The van der Waals surface area contributed by atoms with Crippen molar-refractivity contribution in [3.8, 4) is 34.0 Å². The van der Waals surface area contributed by atoms with Crippen LogP contribution in [0.3, 0.4) is 0 Å². The highest BCUT2D eigenvalue weighted by Crippen LogP contribution is 2.36. The topological polar surface area (TPSA) is 201 Å². The molecule has 2 fully saturated rings. The molecule has 3 aromatic heterocycles. The van der Waals surface area contributed by atoms with Crippen LogP contribution in [0.5, 0.6) is 0 Å². The van der Waals surface area contributed by atoms with Crippen molar-refractivity contribution in [2.45, 2.75) is 63.7 Å². The van der Waals surface area contributed by atoms with Crippen molar-refractivity contribution >= 4 is 35.1 Å². The minimum atomic E-state index is -0.902. The van der Waals surface area contributed by atoms with E-state index < -0.39 is 24.3 Å². The molecular weight excluding hydrogens is 767 g/mol. The van der Waals surface area contributed by atoms with E-state index in [4.69, 9.17) is 23.9 Å². The molecule has 16 nitrogen and oxygen atoms in total. The number of alkyl carbamates (subject to hydrolysis) is 2. The Bertz CT molecular complexity index is 2490. The van der Waals surface area contributed by atoms with Crippen LogP contribution in [-0.2, 0) is 19.1 Å². The molecule has 0 aliphatic carbocycles. The Kier molecular flexibility index (Phi) is 11.3. The van der Waals surface area contributed by atoms with Crippen LogP contribution < -0.4 is 10.6 Å². The zero-order valence-electron chi connectivity index (χ0n) is 33.8. The van der Waals surface area contributed by atoms with Gasteiger partial charge in [0, 0.05) is 24.2 Å². The summed E-state index contributed by atoms with van der Waals surface area (Å²) < 4.78 is 15.8. The highest BCUT2D eigenvalue weighted by Gasteiger charge is 2.39. The molecule has 16 heteroatoms. The number of ether oxygens (including phenoxy) is 2. The first-order chi connectivity index (χ1) is 29.1. The molecule has 8 rings (SSSR count). The van der Waals surface area contributed by atoms with Crippen molar-refractivity contribution in [3.05, 3.63) is 102 Å². The third-order valence-electron chi connectivity index (χ3n) is 11.3. The molecule has 60 heavy (non-hydrogen) atoms. The van der Waals surface area contributed by atoms with Gasteiger partial charge in [-0.25, -0.2) is 24.5 Å². The van der Waals surface area contributed by atoms with Gasteiger partial charge in [0.25, 0.3) is 5.91 Å². The SMILES string of the molecule is COC(=O)NC(C(=O)N1CCCC1c1ncc(-c2ccc3nc(-c4ccc(-c5cnc(C6CCCN6C(=O)C(NC(=O)OC)C(C)C)[nH]5)cc4)oc3c2)[nH]1)c1ccccc1. The third-order valence-corrected chi connectivity index (χ3v) is 11.3. The average Bonchev–Trinajstić information content (AvgIpc) is 4.13. The maximum Gasteiger partial charge on any atom is 0.407 e. The normalized spacial score (nSPS) is 17.5. The summed E-state index contributed by atoms with van der Waals surface area (Å²) in [6.45, 7) is 4.89. The van der Waals surface area contributed by atoms with E-state index in [1.165, 1.54) is 14.2 Å². The van der Waals surface area contributed by atoms with E-state index in [1.807, 2.05) is 74.5 Å². The van der Waals surface area contributed by atoms with Crippen molar-refractivity contribution in [2.24, 2.45) is 5.92 Å². The van der Waals surface area contributed by atoms with Gasteiger partial charge in [0.1, 0.15) is 29.2 Å². The Morgan fingerprint density at radius 1 is 0.733 bits per heavy atom. The van der Waals surface area contributed by atoms with Gasteiger partial charge in [-0.15, -0.1) is 0 Å². The summed E-state index contributed by atoms with van der Waals surface area (Å²) in [6.07, 6.45) is 5.31. The van der Waals surface area contributed by atoms with Gasteiger partial charge < -0.3 is 44.3 Å². The smallest absolute Gasteiger partial charge is 0.407 e. The first-order valence-electron chi connectivity index (χ1n) is 20.1. The molecule has 0 bridgehead atoms. The van der Waals surface area contributed by atoms with Gasteiger partial charge in [-0.1, -0.05) is 62.4 Å². The van der Waals surface area contributed by atoms with Gasteiger partial charge in [0.15, 0.2) is 5.58 Å². The number of hydrogen-bond donors (Lipinski definition) is 4. The molecule has 4 unspecified atom stereocenters. The molecule has 3 aromatic carbocycles. The lowest BCUT2D eigenvalue weighted by atomic mass is 10.0. The predicted octanol–water partition coefficient (Wildman–Crippen LogP) is 7.08. The zero-order chi connectivity index (χ0) is 41.9. The number of imidazole rings is 2. The second kappa shape index (κ2) is 17.1. The largest absolute Gasteiger partial charge is 0.453 e. The number of rotatable bonds is 11. The zero-order valence-corrected chi connectivity index (χ0v) is 33.8. The minimum Gasteiger partial charge on any atom is -0.453 e. The number of oxazole rings is 1.